The van der Waals surface area contributed by atoms with Gasteiger partial charge in [0, 0.05) is 18.9 Å². The van der Waals surface area contributed by atoms with Crippen LogP contribution in [0, 0.1) is 20.2 Å². The maximum Gasteiger partial charge on any atom is 0.348 e. The van der Waals surface area contributed by atoms with E-state index in [1.54, 1.807) is 0 Å². The second-order valence-electron chi connectivity index (χ2n) is 7.29. The number of benzene rings is 2. The third kappa shape index (κ3) is 4.13. The summed E-state index contributed by atoms with van der Waals surface area (Å²) >= 11 is 0. The summed E-state index contributed by atoms with van der Waals surface area (Å²) in [6.45, 7) is 0. The molecule has 164 valence electrons. The van der Waals surface area contributed by atoms with Crippen molar-refractivity contribution in [1.82, 2.24) is 0 Å². The average molecular weight is 440 g/mol. The van der Waals surface area contributed by atoms with Crippen molar-refractivity contribution >= 4 is 29.4 Å². The third-order valence-electron chi connectivity index (χ3n) is 5.13. The number of esters is 2. The number of hydrogen-bond acceptors (Lipinski definition) is 9. The van der Waals surface area contributed by atoms with Crippen molar-refractivity contribution in [2.45, 2.75) is 31.5 Å². The highest BCUT2D eigenvalue weighted by Gasteiger charge is 2.47. The standard InChI is InChI=1S/C21H16N2O9/c24-19-16(20(25)32-21(31-19)9-1-2-10-21)11-13-3-6-15(7-4-13)30-18-8-5-14(22(26)27)12-17(18)23(28)29/h3-8,11-12H,1-2,9-10H2. The van der Waals surface area contributed by atoms with Gasteiger partial charge in [-0.15, -0.1) is 0 Å². The summed E-state index contributed by atoms with van der Waals surface area (Å²) in [4.78, 5) is 45.2. The van der Waals surface area contributed by atoms with Gasteiger partial charge in [-0.2, -0.15) is 0 Å². The van der Waals surface area contributed by atoms with Crippen LogP contribution in [0.4, 0.5) is 11.4 Å². The fourth-order valence-corrected chi connectivity index (χ4v) is 3.56. The van der Waals surface area contributed by atoms with Crippen molar-refractivity contribution in [2.24, 2.45) is 0 Å². The number of hydrogen-bond donors (Lipinski definition) is 0. The van der Waals surface area contributed by atoms with Crippen LogP contribution in [0.2, 0.25) is 0 Å². The van der Waals surface area contributed by atoms with Crippen molar-refractivity contribution in [3.63, 3.8) is 0 Å². The topological polar surface area (TPSA) is 148 Å². The minimum Gasteiger partial charge on any atom is -0.450 e. The van der Waals surface area contributed by atoms with Gasteiger partial charge in [0.2, 0.25) is 5.75 Å². The highest BCUT2D eigenvalue weighted by atomic mass is 16.7. The number of nitro groups is 2. The zero-order valence-electron chi connectivity index (χ0n) is 16.5. The van der Waals surface area contributed by atoms with Crippen molar-refractivity contribution < 1.29 is 33.6 Å². The summed E-state index contributed by atoms with van der Waals surface area (Å²) in [5, 5.41) is 22.1. The summed E-state index contributed by atoms with van der Waals surface area (Å²) in [5.74, 6) is -2.60. The number of ether oxygens (including phenoxy) is 3. The van der Waals surface area contributed by atoms with Crippen LogP contribution in [0.5, 0.6) is 11.5 Å². The van der Waals surface area contributed by atoms with E-state index >= 15 is 0 Å². The maximum atomic E-state index is 12.3. The lowest BCUT2D eigenvalue weighted by Gasteiger charge is -2.32. The minimum absolute atomic E-state index is 0.173. The van der Waals surface area contributed by atoms with Crippen LogP contribution in [-0.2, 0) is 19.1 Å². The largest absolute Gasteiger partial charge is 0.450 e. The molecule has 0 bridgehead atoms. The average Bonchev–Trinajstić information content (AvgIpc) is 3.19. The smallest absolute Gasteiger partial charge is 0.348 e. The minimum atomic E-state index is -1.15. The Labute approximate surface area is 180 Å². The molecule has 1 spiro atoms. The molecule has 1 aliphatic heterocycles. The molecule has 0 N–H and O–H groups in total. The molecule has 2 aliphatic rings. The zero-order valence-corrected chi connectivity index (χ0v) is 16.5. The zero-order chi connectivity index (χ0) is 22.9. The van der Waals surface area contributed by atoms with E-state index in [2.05, 4.69) is 0 Å². The molecule has 0 amide bonds. The molecular formula is C21H16N2O9. The Balaban J connectivity index is 1.52. The van der Waals surface area contributed by atoms with E-state index < -0.39 is 38.9 Å². The Morgan fingerprint density at radius 3 is 2.09 bits per heavy atom. The Morgan fingerprint density at radius 2 is 1.53 bits per heavy atom. The molecule has 2 fully saturated rings. The molecule has 0 atom stereocenters. The first-order chi connectivity index (χ1) is 15.3. The van der Waals surface area contributed by atoms with Gasteiger partial charge in [0.05, 0.1) is 15.9 Å². The first kappa shape index (κ1) is 21.0. The number of nitro benzene ring substituents is 2. The van der Waals surface area contributed by atoms with E-state index in [-0.39, 0.29) is 17.1 Å². The fourth-order valence-electron chi connectivity index (χ4n) is 3.56. The summed E-state index contributed by atoms with van der Waals surface area (Å²) in [6.07, 6.45) is 3.92. The van der Waals surface area contributed by atoms with Gasteiger partial charge in [0.15, 0.2) is 0 Å². The van der Waals surface area contributed by atoms with Crippen molar-refractivity contribution in [2.75, 3.05) is 0 Å². The van der Waals surface area contributed by atoms with Crippen LogP contribution in [0.15, 0.2) is 48.0 Å². The predicted octanol–water partition coefficient (Wildman–Crippen LogP) is 4.05. The van der Waals surface area contributed by atoms with Gasteiger partial charge in [-0.05, 0) is 42.7 Å². The molecule has 0 unspecified atom stereocenters. The van der Waals surface area contributed by atoms with Gasteiger partial charge < -0.3 is 14.2 Å². The van der Waals surface area contributed by atoms with E-state index in [4.69, 9.17) is 14.2 Å². The van der Waals surface area contributed by atoms with Crippen molar-refractivity contribution in [3.05, 3.63) is 73.8 Å². The van der Waals surface area contributed by atoms with Crippen LogP contribution in [-0.4, -0.2) is 27.6 Å². The Hall–Kier alpha value is -4.28. The molecule has 1 heterocycles. The monoisotopic (exact) mass is 440 g/mol. The van der Waals surface area contributed by atoms with Gasteiger partial charge in [-0.1, -0.05) is 12.1 Å². The molecule has 11 nitrogen and oxygen atoms in total. The lowest BCUT2D eigenvalue weighted by atomic mass is 10.1. The number of carbonyl (C=O) groups is 2. The molecule has 1 aliphatic carbocycles. The van der Waals surface area contributed by atoms with Gasteiger partial charge >= 0.3 is 17.6 Å². The second-order valence-corrected chi connectivity index (χ2v) is 7.29. The van der Waals surface area contributed by atoms with Gasteiger partial charge in [0.1, 0.15) is 11.3 Å². The van der Waals surface area contributed by atoms with Crippen LogP contribution < -0.4 is 4.74 Å². The van der Waals surface area contributed by atoms with Gasteiger partial charge in [0.25, 0.3) is 11.5 Å². The summed E-state index contributed by atoms with van der Waals surface area (Å²) in [5.41, 5.74) is -0.750. The van der Waals surface area contributed by atoms with E-state index in [1.807, 2.05) is 0 Å². The van der Waals surface area contributed by atoms with Crippen LogP contribution >= 0.6 is 0 Å². The van der Waals surface area contributed by atoms with Gasteiger partial charge in [-0.3, -0.25) is 20.2 Å². The molecule has 1 saturated heterocycles. The molecule has 1 saturated carbocycles. The molecule has 0 aromatic heterocycles. The molecule has 11 heteroatoms. The van der Waals surface area contributed by atoms with Crippen LogP contribution in [0.25, 0.3) is 6.08 Å². The predicted molar refractivity (Wildman–Crippen MR) is 108 cm³/mol. The highest BCUT2D eigenvalue weighted by Crippen LogP contribution is 2.39. The summed E-state index contributed by atoms with van der Waals surface area (Å²) in [6, 6.07) is 9.04. The second kappa shape index (κ2) is 8.10. The van der Waals surface area contributed by atoms with Gasteiger partial charge in [-0.25, -0.2) is 9.59 Å². The number of carbonyl (C=O) groups excluding carboxylic acids is 2. The Morgan fingerprint density at radius 1 is 0.906 bits per heavy atom. The summed E-state index contributed by atoms with van der Waals surface area (Å²) < 4.78 is 16.2. The van der Waals surface area contributed by atoms with E-state index in [9.17, 15) is 29.8 Å². The van der Waals surface area contributed by atoms with Crippen LogP contribution in [0.1, 0.15) is 31.2 Å². The molecule has 2 aromatic rings. The molecule has 32 heavy (non-hydrogen) atoms. The first-order valence-corrected chi connectivity index (χ1v) is 9.65. The quantitative estimate of drug-likeness (QED) is 0.221. The first-order valence-electron chi connectivity index (χ1n) is 9.65. The normalized spacial score (nSPS) is 16.9. The molecule has 0 radical (unpaired) electrons. The third-order valence-corrected chi connectivity index (χ3v) is 5.13. The van der Waals surface area contributed by atoms with Crippen LogP contribution in [0.3, 0.4) is 0 Å². The highest BCUT2D eigenvalue weighted by molar-refractivity contribution is 6.18. The van der Waals surface area contributed by atoms with E-state index in [0.29, 0.717) is 18.4 Å². The molecule has 2 aromatic carbocycles. The molecular weight excluding hydrogens is 424 g/mol. The fraction of sp³-hybridized carbons (Fsp3) is 0.238. The van der Waals surface area contributed by atoms with E-state index in [0.717, 1.165) is 31.0 Å². The molecule has 4 rings (SSSR count). The Kier molecular flexibility index (Phi) is 5.31. The SMILES string of the molecule is O=C1OC2(CCCC2)OC(=O)C1=Cc1ccc(Oc2ccc([N+](=O)[O-])cc2[N+](=O)[O-])cc1. The summed E-state index contributed by atoms with van der Waals surface area (Å²) in [7, 11) is 0. The number of non-ortho nitro benzene ring substituents is 1. The lowest BCUT2D eigenvalue weighted by molar-refractivity contribution is -0.394. The van der Waals surface area contributed by atoms with Crippen molar-refractivity contribution in [3.8, 4) is 11.5 Å². The maximum absolute atomic E-state index is 12.3. The number of rotatable bonds is 5. The number of nitrogens with zero attached hydrogens (tertiary/aromatic N) is 2. The van der Waals surface area contributed by atoms with E-state index in [1.165, 1.54) is 30.3 Å². The Bertz CT molecular complexity index is 1130. The lowest BCUT2D eigenvalue weighted by Crippen LogP contribution is -2.44. The van der Waals surface area contributed by atoms with Crippen molar-refractivity contribution in [1.29, 1.82) is 0 Å².